The fraction of sp³-hybridized carbons (Fsp3) is 0.471. The first kappa shape index (κ1) is 25.1. The number of nitrogens with one attached hydrogen (secondary N) is 1. The number of nitriles is 1. The Balaban J connectivity index is 1.28. The van der Waals surface area contributed by atoms with E-state index in [0.29, 0.717) is 18.3 Å². The molecule has 2 N–H and O–H groups in total. The number of fused-ring (bicyclic) bond motifs is 5. The summed E-state index contributed by atoms with van der Waals surface area (Å²) in [7, 11) is 0. The Morgan fingerprint density at radius 1 is 1.05 bits per heavy atom. The number of hydrogen-bond donors (Lipinski definition) is 2. The number of rotatable bonds is 4. The second-order valence-corrected chi connectivity index (χ2v) is 12.6. The van der Waals surface area contributed by atoms with Crippen LogP contribution in [0.4, 0.5) is 0 Å². The summed E-state index contributed by atoms with van der Waals surface area (Å²) in [4.78, 5) is 14.0. The molecule has 0 radical (unpaired) electrons. The lowest BCUT2D eigenvalue weighted by molar-refractivity contribution is -0.141. The second kappa shape index (κ2) is 9.54. The summed E-state index contributed by atoms with van der Waals surface area (Å²) < 4.78 is 0. The van der Waals surface area contributed by atoms with Crippen LogP contribution in [0, 0.1) is 45.8 Å². The minimum atomic E-state index is -0.445. The third-order valence-electron chi connectivity index (χ3n) is 10.7. The highest BCUT2D eigenvalue weighted by atomic mass is 16.3. The van der Waals surface area contributed by atoms with Crippen molar-refractivity contribution in [2.24, 2.45) is 34.5 Å². The molecule has 2 fully saturated rings. The van der Waals surface area contributed by atoms with Crippen molar-refractivity contribution in [1.29, 1.82) is 5.26 Å². The van der Waals surface area contributed by atoms with E-state index in [9.17, 15) is 15.2 Å². The van der Waals surface area contributed by atoms with Crippen LogP contribution in [0.1, 0.15) is 69.5 Å². The quantitative estimate of drug-likeness (QED) is 0.497. The van der Waals surface area contributed by atoms with Crippen molar-refractivity contribution in [1.82, 2.24) is 5.32 Å². The zero-order chi connectivity index (χ0) is 26.5. The first-order valence-electron chi connectivity index (χ1n) is 14.2. The Hall–Kier alpha value is -3.16. The van der Waals surface area contributed by atoms with Gasteiger partial charge >= 0.3 is 0 Å². The molecular formula is C34H38N2O2. The maximum Gasteiger partial charge on any atom is 0.224 e. The molecule has 7 atom stereocenters. The Labute approximate surface area is 226 Å². The molecular weight excluding hydrogens is 468 g/mol. The standard InChI is InChI=1S/C34H38N2O2/c1-33-18-17-22(21-35)19-25(33)13-14-26-27-15-16-28(34(27,2)20-29(37)30(26)33)32(38)36-31(23-9-5-3-6-10-23)24-11-7-4-8-12-24/h3-13,19,26-31,37H,14-18,20H2,1-2H3,(H,36,38)/t26-,27-,28+,29-,30+,33-,34-/m0/s1. The normalized spacial score (nSPS) is 35.7. The molecule has 4 nitrogen and oxygen atoms in total. The lowest BCUT2D eigenvalue weighted by Gasteiger charge is -2.58. The minimum Gasteiger partial charge on any atom is -0.393 e. The van der Waals surface area contributed by atoms with Gasteiger partial charge in [0.05, 0.1) is 18.2 Å². The van der Waals surface area contributed by atoms with Crippen LogP contribution in [-0.4, -0.2) is 17.1 Å². The van der Waals surface area contributed by atoms with Crippen LogP contribution in [0.25, 0.3) is 0 Å². The fourth-order valence-corrected chi connectivity index (χ4v) is 8.87. The number of hydrogen-bond acceptors (Lipinski definition) is 3. The monoisotopic (exact) mass is 506 g/mol. The number of aliphatic hydroxyl groups excluding tert-OH is 1. The van der Waals surface area contributed by atoms with Crippen LogP contribution in [0.2, 0.25) is 0 Å². The van der Waals surface area contributed by atoms with Crippen molar-refractivity contribution in [3.05, 3.63) is 95.1 Å². The van der Waals surface area contributed by atoms with Gasteiger partial charge in [0.15, 0.2) is 0 Å². The summed E-state index contributed by atoms with van der Waals surface area (Å²) in [5.41, 5.74) is 3.92. The molecule has 0 spiro atoms. The van der Waals surface area contributed by atoms with Crippen LogP contribution in [0.15, 0.2) is 84.0 Å². The molecule has 196 valence electrons. The molecule has 2 aromatic carbocycles. The third kappa shape index (κ3) is 3.95. The summed E-state index contributed by atoms with van der Waals surface area (Å²) in [5.74, 6) is 0.949. The van der Waals surface area contributed by atoms with Gasteiger partial charge in [0.25, 0.3) is 0 Å². The van der Waals surface area contributed by atoms with E-state index in [1.807, 2.05) is 36.4 Å². The van der Waals surface area contributed by atoms with E-state index in [1.54, 1.807) is 0 Å². The first-order valence-corrected chi connectivity index (χ1v) is 14.2. The average Bonchev–Trinajstić information content (AvgIpc) is 3.28. The van der Waals surface area contributed by atoms with Gasteiger partial charge in [-0.2, -0.15) is 5.26 Å². The second-order valence-electron chi connectivity index (χ2n) is 12.6. The van der Waals surface area contributed by atoms with E-state index in [0.717, 1.165) is 48.8 Å². The van der Waals surface area contributed by atoms with Crippen molar-refractivity contribution in [2.75, 3.05) is 0 Å². The smallest absolute Gasteiger partial charge is 0.224 e. The van der Waals surface area contributed by atoms with Crippen molar-refractivity contribution in [3.63, 3.8) is 0 Å². The molecule has 38 heavy (non-hydrogen) atoms. The number of aliphatic hydroxyl groups is 1. The number of benzene rings is 2. The van der Waals surface area contributed by atoms with Crippen LogP contribution >= 0.6 is 0 Å². The summed E-state index contributed by atoms with van der Waals surface area (Å²) in [5, 5.41) is 24.6. The molecule has 4 heteroatoms. The zero-order valence-corrected chi connectivity index (χ0v) is 22.4. The van der Waals surface area contributed by atoms with E-state index in [-0.39, 0.29) is 34.6 Å². The van der Waals surface area contributed by atoms with E-state index < -0.39 is 6.10 Å². The largest absolute Gasteiger partial charge is 0.393 e. The van der Waals surface area contributed by atoms with Crippen LogP contribution in [-0.2, 0) is 4.79 Å². The lowest BCUT2D eigenvalue weighted by Crippen LogP contribution is -2.56. The molecule has 2 aromatic rings. The molecule has 4 aliphatic carbocycles. The average molecular weight is 507 g/mol. The number of amides is 1. The molecule has 0 saturated heterocycles. The van der Waals surface area contributed by atoms with Crippen molar-refractivity contribution >= 4 is 5.91 Å². The highest BCUT2D eigenvalue weighted by Gasteiger charge is 2.62. The summed E-state index contributed by atoms with van der Waals surface area (Å²) >= 11 is 0. The summed E-state index contributed by atoms with van der Waals surface area (Å²) in [6.45, 7) is 4.57. The highest BCUT2D eigenvalue weighted by Crippen LogP contribution is 2.66. The Kier molecular flexibility index (Phi) is 6.31. The maximum atomic E-state index is 14.0. The molecule has 0 bridgehead atoms. The maximum absolute atomic E-state index is 14.0. The van der Waals surface area contributed by atoms with E-state index in [2.05, 4.69) is 61.7 Å². The number of carbonyl (C=O) groups is 1. The zero-order valence-electron chi connectivity index (χ0n) is 22.4. The van der Waals surface area contributed by atoms with Gasteiger partial charge in [-0.25, -0.2) is 0 Å². The van der Waals surface area contributed by atoms with Crippen molar-refractivity contribution < 1.29 is 9.90 Å². The van der Waals surface area contributed by atoms with Gasteiger partial charge < -0.3 is 10.4 Å². The molecule has 2 saturated carbocycles. The van der Waals surface area contributed by atoms with Gasteiger partial charge in [0, 0.05) is 11.5 Å². The van der Waals surface area contributed by atoms with Crippen molar-refractivity contribution in [2.45, 2.75) is 64.5 Å². The van der Waals surface area contributed by atoms with Crippen LogP contribution in [0.5, 0.6) is 0 Å². The van der Waals surface area contributed by atoms with Crippen LogP contribution in [0.3, 0.4) is 0 Å². The molecule has 6 rings (SSSR count). The van der Waals surface area contributed by atoms with E-state index in [4.69, 9.17) is 0 Å². The fourth-order valence-electron chi connectivity index (χ4n) is 8.87. The molecule has 0 heterocycles. The molecule has 1 amide bonds. The number of nitrogens with zero attached hydrogens (tertiary/aromatic N) is 1. The molecule has 4 aliphatic rings. The Morgan fingerprint density at radius 3 is 2.34 bits per heavy atom. The van der Waals surface area contributed by atoms with Gasteiger partial charge in [-0.1, -0.05) is 80.6 Å². The minimum absolute atomic E-state index is 0.101. The Bertz CT molecular complexity index is 1270. The SMILES string of the molecule is C[C@]12C[C@H](O)[C@H]3[C@@H](CC=C4C=C(C#N)CC[C@@]43C)[C@@H]1CC[C@@H]2C(=O)NC(c1ccccc1)c1ccccc1. The van der Waals surface area contributed by atoms with Gasteiger partial charge in [0.1, 0.15) is 0 Å². The van der Waals surface area contributed by atoms with E-state index >= 15 is 0 Å². The molecule has 0 unspecified atom stereocenters. The summed E-state index contributed by atoms with van der Waals surface area (Å²) in [6.07, 6.45) is 9.16. The van der Waals surface area contributed by atoms with Gasteiger partial charge in [-0.05, 0) is 89.9 Å². The number of allylic oxidation sites excluding steroid dienone is 4. The number of carbonyl (C=O) groups excluding carboxylic acids is 1. The van der Waals surface area contributed by atoms with Crippen LogP contribution < -0.4 is 5.32 Å². The van der Waals surface area contributed by atoms with Gasteiger partial charge in [0.2, 0.25) is 5.91 Å². The topological polar surface area (TPSA) is 73.1 Å². The van der Waals surface area contributed by atoms with Gasteiger partial charge in [-0.15, -0.1) is 0 Å². The first-order chi connectivity index (χ1) is 18.3. The predicted octanol–water partition coefficient (Wildman–Crippen LogP) is 6.50. The predicted molar refractivity (Wildman–Crippen MR) is 149 cm³/mol. The summed E-state index contributed by atoms with van der Waals surface area (Å²) in [6, 6.07) is 22.6. The Morgan fingerprint density at radius 2 is 1.71 bits per heavy atom. The molecule has 0 aromatic heterocycles. The lowest BCUT2D eigenvalue weighted by atomic mass is 9.47. The molecule has 0 aliphatic heterocycles. The third-order valence-corrected chi connectivity index (χ3v) is 10.7. The van der Waals surface area contributed by atoms with E-state index in [1.165, 1.54) is 5.57 Å². The highest BCUT2D eigenvalue weighted by molar-refractivity contribution is 5.81. The van der Waals surface area contributed by atoms with Gasteiger partial charge in [-0.3, -0.25) is 4.79 Å². The van der Waals surface area contributed by atoms with Crippen molar-refractivity contribution in [3.8, 4) is 6.07 Å².